The van der Waals surface area contributed by atoms with Crippen LogP contribution in [-0.4, -0.2) is 15.0 Å². The summed E-state index contributed by atoms with van der Waals surface area (Å²) in [7, 11) is 0. The lowest BCUT2D eigenvalue weighted by Crippen LogP contribution is -1.99. The molecule has 0 aliphatic heterocycles. The molecule has 18 heavy (non-hydrogen) atoms. The van der Waals surface area contributed by atoms with Gasteiger partial charge in [0.25, 0.3) is 0 Å². The quantitative estimate of drug-likeness (QED) is 0.671. The van der Waals surface area contributed by atoms with Gasteiger partial charge in [-0.05, 0) is 28.1 Å². The van der Waals surface area contributed by atoms with Gasteiger partial charge in [-0.2, -0.15) is 0 Å². The second kappa shape index (κ2) is 5.01. The summed E-state index contributed by atoms with van der Waals surface area (Å²) in [6.07, 6.45) is 1.46. The Balaban J connectivity index is 2.37. The van der Waals surface area contributed by atoms with E-state index in [0.29, 0.717) is 10.2 Å². The number of nitrogens with one attached hydrogen (secondary N) is 1. The normalized spacial score (nSPS) is 10.1. The minimum absolute atomic E-state index is 0.0692. The SMILES string of the molecule is O=[N+]([O-])c1cc(Br)cnc1Nc1cccc(O)c1. The Bertz CT molecular complexity index is 604. The van der Waals surface area contributed by atoms with Gasteiger partial charge in [-0.1, -0.05) is 6.07 Å². The van der Waals surface area contributed by atoms with Crippen molar-refractivity contribution in [1.82, 2.24) is 4.98 Å². The van der Waals surface area contributed by atoms with Crippen molar-refractivity contribution in [2.45, 2.75) is 0 Å². The van der Waals surface area contributed by atoms with Crippen LogP contribution in [0.4, 0.5) is 17.2 Å². The summed E-state index contributed by atoms with van der Waals surface area (Å²) < 4.78 is 0.524. The highest BCUT2D eigenvalue weighted by Crippen LogP contribution is 2.28. The highest BCUT2D eigenvalue weighted by atomic mass is 79.9. The third-order valence-corrected chi connectivity index (χ3v) is 2.57. The van der Waals surface area contributed by atoms with Gasteiger partial charge < -0.3 is 10.4 Å². The molecule has 0 saturated carbocycles. The molecule has 0 atom stereocenters. The molecular weight excluding hydrogens is 302 g/mol. The fourth-order valence-corrected chi connectivity index (χ4v) is 1.70. The molecule has 0 unspecified atom stereocenters. The Labute approximate surface area is 111 Å². The number of benzene rings is 1. The molecular formula is C11H8BrN3O3. The minimum Gasteiger partial charge on any atom is -0.508 e. The predicted octanol–water partition coefficient (Wildman–Crippen LogP) is 3.20. The third kappa shape index (κ3) is 2.75. The predicted molar refractivity (Wildman–Crippen MR) is 70.0 cm³/mol. The van der Waals surface area contributed by atoms with Crippen LogP contribution >= 0.6 is 15.9 Å². The van der Waals surface area contributed by atoms with E-state index in [2.05, 4.69) is 26.2 Å². The molecule has 0 bridgehead atoms. The molecule has 1 aromatic heterocycles. The van der Waals surface area contributed by atoms with Crippen molar-refractivity contribution in [3.63, 3.8) is 0 Å². The molecule has 0 radical (unpaired) electrons. The molecule has 7 heteroatoms. The summed E-state index contributed by atoms with van der Waals surface area (Å²) in [5.41, 5.74) is 0.376. The molecule has 0 spiro atoms. The maximum Gasteiger partial charge on any atom is 0.312 e. The van der Waals surface area contributed by atoms with Crippen molar-refractivity contribution < 1.29 is 10.0 Å². The maximum atomic E-state index is 10.9. The van der Waals surface area contributed by atoms with E-state index < -0.39 is 4.92 Å². The molecule has 2 aromatic rings. The number of aromatic nitrogens is 1. The summed E-state index contributed by atoms with van der Waals surface area (Å²) in [4.78, 5) is 14.3. The zero-order valence-electron chi connectivity index (χ0n) is 9.00. The van der Waals surface area contributed by atoms with Crippen LogP contribution in [0.15, 0.2) is 41.0 Å². The molecule has 0 amide bonds. The molecule has 0 aliphatic rings. The Morgan fingerprint density at radius 2 is 2.17 bits per heavy atom. The van der Waals surface area contributed by atoms with Gasteiger partial charge in [0.05, 0.1) is 4.92 Å². The largest absolute Gasteiger partial charge is 0.508 e. The van der Waals surface area contributed by atoms with Gasteiger partial charge in [0.2, 0.25) is 5.82 Å². The smallest absolute Gasteiger partial charge is 0.312 e. The molecule has 2 N–H and O–H groups in total. The standard InChI is InChI=1S/C11H8BrN3O3/c12-7-4-10(15(17)18)11(13-6-7)14-8-2-1-3-9(16)5-8/h1-6,16H,(H,13,14). The van der Waals surface area contributed by atoms with Gasteiger partial charge in [-0.25, -0.2) is 4.98 Å². The second-order valence-corrected chi connectivity index (χ2v) is 4.37. The van der Waals surface area contributed by atoms with Crippen LogP contribution in [0.3, 0.4) is 0 Å². The van der Waals surface area contributed by atoms with Gasteiger partial charge in [0.15, 0.2) is 0 Å². The van der Waals surface area contributed by atoms with E-state index in [1.807, 2.05) is 0 Å². The van der Waals surface area contributed by atoms with Crippen LogP contribution in [0, 0.1) is 10.1 Å². The number of nitro groups is 1. The first-order valence-corrected chi connectivity index (χ1v) is 5.71. The van der Waals surface area contributed by atoms with Crippen molar-refractivity contribution in [1.29, 1.82) is 0 Å². The fraction of sp³-hybridized carbons (Fsp3) is 0. The van der Waals surface area contributed by atoms with Crippen LogP contribution in [0.5, 0.6) is 5.75 Å². The minimum atomic E-state index is -0.525. The van der Waals surface area contributed by atoms with Crippen LogP contribution in [-0.2, 0) is 0 Å². The number of hydrogen-bond acceptors (Lipinski definition) is 5. The van der Waals surface area contributed by atoms with E-state index in [0.717, 1.165) is 0 Å². The topological polar surface area (TPSA) is 88.3 Å². The first-order valence-electron chi connectivity index (χ1n) is 4.92. The van der Waals surface area contributed by atoms with Crippen molar-refractivity contribution in [2.75, 3.05) is 5.32 Å². The van der Waals surface area contributed by atoms with E-state index in [1.54, 1.807) is 12.1 Å². The van der Waals surface area contributed by atoms with Crippen molar-refractivity contribution in [3.05, 3.63) is 51.1 Å². The van der Waals surface area contributed by atoms with E-state index >= 15 is 0 Å². The van der Waals surface area contributed by atoms with Crippen LogP contribution in [0.25, 0.3) is 0 Å². The summed E-state index contributed by atoms with van der Waals surface area (Å²) >= 11 is 3.13. The zero-order valence-corrected chi connectivity index (χ0v) is 10.6. The van der Waals surface area contributed by atoms with E-state index in [4.69, 9.17) is 0 Å². The molecule has 0 aliphatic carbocycles. The summed E-state index contributed by atoms with van der Waals surface area (Å²) in [5.74, 6) is 0.188. The Morgan fingerprint density at radius 1 is 1.39 bits per heavy atom. The molecule has 1 aromatic carbocycles. The number of rotatable bonds is 3. The Morgan fingerprint density at radius 3 is 2.83 bits per heavy atom. The van der Waals surface area contributed by atoms with Crippen molar-refractivity contribution in [3.8, 4) is 5.75 Å². The number of phenolic OH excluding ortho intramolecular Hbond substituents is 1. The van der Waals surface area contributed by atoms with Gasteiger partial charge in [-0.15, -0.1) is 0 Å². The highest BCUT2D eigenvalue weighted by Gasteiger charge is 2.16. The van der Waals surface area contributed by atoms with Crippen molar-refractivity contribution >= 4 is 33.1 Å². The lowest BCUT2D eigenvalue weighted by atomic mass is 10.3. The fourth-order valence-electron chi connectivity index (χ4n) is 1.38. The number of halogens is 1. The molecule has 6 nitrogen and oxygen atoms in total. The second-order valence-electron chi connectivity index (χ2n) is 3.45. The Hall–Kier alpha value is -2.15. The first-order chi connectivity index (χ1) is 8.56. The summed E-state index contributed by atoms with van der Waals surface area (Å²) in [6.45, 7) is 0. The lowest BCUT2D eigenvalue weighted by Gasteiger charge is -2.06. The van der Waals surface area contributed by atoms with Crippen LogP contribution in [0.2, 0.25) is 0 Å². The average Bonchev–Trinajstić information content (AvgIpc) is 2.31. The maximum absolute atomic E-state index is 10.9. The van der Waals surface area contributed by atoms with Gasteiger partial charge in [0.1, 0.15) is 5.75 Å². The molecule has 0 saturated heterocycles. The number of pyridine rings is 1. The van der Waals surface area contributed by atoms with Crippen molar-refractivity contribution in [2.24, 2.45) is 0 Å². The molecule has 2 rings (SSSR count). The van der Waals surface area contributed by atoms with Crippen LogP contribution < -0.4 is 5.32 Å². The van der Waals surface area contributed by atoms with E-state index in [-0.39, 0.29) is 17.3 Å². The van der Waals surface area contributed by atoms with Gasteiger partial charge in [0, 0.05) is 28.5 Å². The summed E-state index contributed by atoms with van der Waals surface area (Å²) in [6, 6.07) is 7.62. The first kappa shape index (κ1) is 12.3. The molecule has 92 valence electrons. The molecule has 1 heterocycles. The molecule has 0 fully saturated rings. The lowest BCUT2D eigenvalue weighted by molar-refractivity contribution is -0.384. The highest BCUT2D eigenvalue weighted by molar-refractivity contribution is 9.10. The van der Waals surface area contributed by atoms with E-state index in [1.165, 1.54) is 24.4 Å². The Kier molecular flexibility index (Phi) is 3.42. The summed E-state index contributed by atoms with van der Waals surface area (Å²) in [5, 5.41) is 23.0. The average molecular weight is 310 g/mol. The number of aromatic hydroxyl groups is 1. The number of phenols is 1. The number of anilines is 2. The van der Waals surface area contributed by atoms with Crippen LogP contribution in [0.1, 0.15) is 0 Å². The van der Waals surface area contributed by atoms with E-state index in [9.17, 15) is 15.2 Å². The van der Waals surface area contributed by atoms with Gasteiger partial charge >= 0.3 is 5.69 Å². The number of hydrogen-bond donors (Lipinski definition) is 2. The monoisotopic (exact) mass is 309 g/mol. The zero-order chi connectivity index (χ0) is 13.1. The third-order valence-electron chi connectivity index (χ3n) is 2.14. The van der Waals surface area contributed by atoms with Gasteiger partial charge in [-0.3, -0.25) is 10.1 Å². The number of nitrogens with zero attached hydrogens (tertiary/aromatic N) is 2.